The molecule has 0 spiro atoms. The Balaban J connectivity index is 2.15. The van der Waals surface area contributed by atoms with Crippen molar-refractivity contribution < 1.29 is 13.9 Å². The van der Waals surface area contributed by atoms with Crippen molar-refractivity contribution in [3.05, 3.63) is 58.3 Å². The summed E-state index contributed by atoms with van der Waals surface area (Å²) >= 11 is 3.17. The maximum absolute atomic E-state index is 13.7. The monoisotopic (exact) mass is 337 g/mol. The Kier molecular flexibility index (Phi) is 4.74. The third-order valence-corrected chi connectivity index (χ3v) is 3.27. The first kappa shape index (κ1) is 14.5. The molecule has 5 heteroatoms. The highest BCUT2D eigenvalue weighted by Gasteiger charge is 2.15. The number of nitrogens with one attached hydrogen (secondary N) is 1. The summed E-state index contributed by atoms with van der Waals surface area (Å²) in [4.78, 5) is 12.1. The fourth-order valence-electron chi connectivity index (χ4n) is 1.71. The molecule has 104 valence electrons. The van der Waals surface area contributed by atoms with Crippen LogP contribution in [0.3, 0.4) is 0 Å². The molecule has 2 rings (SSSR count). The van der Waals surface area contributed by atoms with Crippen LogP contribution in [0.5, 0.6) is 5.75 Å². The molecule has 0 saturated carbocycles. The van der Waals surface area contributed by atoms with Gasteiger partial charge in [-0.2, -0.15) is 0 Å². The Labute approximate surface area is 124 Å². The molecule has 0 bridgehead atoms. The van der Waals surface area contributed by atoms with Crippen LogP contribution in [0.2, 0.25) is 0 Å². The van der Waals surface area contributed by atoms with Gasteiger partial charge in [-0.3, -0.25) is 4.79 Å². The van der Waals surface area contributed by atoms with Crippen molar-refractivity contribution >= 4 is 27.5 Å². The van der Waals surface area contributed by atoms with Crippen molar-refractivity contribution in [2.75, 3.05) is 11.9 Å². The molecule has 20 heavy (non-hydrogen) atoms. The fraction of sp³-hybridized carbons (Fsp3) is 0.133. The molecule has 0 heterocycles. The average Bonchev–Trinajstić information content (AvgIpc) is 2.41. The Hall–Kier alpha value is -1.88. The van der Waals surface area contributed by atoms with E-state index in [0.29, 0.717) is 16.8 Å². The van der Waals surface area contributed by atoms with E-state index in [0.717, 1.165) is 5.75 Å². The van der Waals surface area contributed by atoms with E-state index in [-0.39, 0.29) is 5.56 Å². The van der Waals surface area contributed by atoms with Gasteiger partial charge in [0.15, 0.2) is 0 Å². The van der Waals surface area contributed by atoms with Crippen molar-refractivity contribution in [3.63, 3.8) is 0 Å². The summed E-state index contributed by atoms with van der Waals surface area (Å²) in [6.45, 7) is 2.47. The van der Waals surface area contributed by atoms with Gasteiger partial charge in [0.1, 0.15) is 11.6 Å². The van der Waals surface area contributed by atoms with Crippen LogP contribution in [0.15, 0.2) is 46.9 Å². The maximum atomic E-state index is 13.7. The Bertz CT molecular complexity index is 594. The minimum atomic E-state index is -0.567. The van der Waals surface area contributed by atoms with Crippen LogP contribution in [0.1, 0.15) is 17.3 Å². The molecule has 0 aliphatic rings. The predicted octanol–water partition coefficient (Wildman–Crippen LogP) is 4.24. The number of carbonyl (C=O) groups excluding carboxylic acids is 1. The normalized spacial score (nSPS) is 10.2. The molecule has 0 radical (unpaired) electrons. The zero-order chi connectivity index (χ0) is 14.5. The number of ether oxygens (including phenoxy) is 1. The molecule has 0 aliphatic carbocycles. The summed E-state index contributed by atoms with van der Waals surface area (Å²) in [5.74, 6) is -0.348. The van der Waals surface area contributed by atoms with Crippen LogP contribution in [-0.4, -0.2) is 12.5 Å². The second-order valence-corrected chi connectivity index (χ2v) is 4.86. The summed E-state index contributed by atoms with van der Waals surface area (Å²) < 4.78 is 19.4. The van der Waals surface area contributed by atoms with Gasteiger partial charge in [0.2, 0.25) is 0 Å². The molecule has 1 N–H and O–H groups in total. The third kappa shape index (κ3) is 3.36. The lowest BCUT2D eigenvalue weighted by atomic mass is 10.2. The minimum Gasteiger partial charge on any atom is -0.494 e. The smallest absolute Gasteiger partial charge is 0.259 e. The summed E-state index contributed by atoms with van der Waals surface area (Å²) in [6.07, 6.45) is 0. The standard InChI is InChI=1S/C15H13BrFNO2/c1-2-20-11-8-6-10(7-9-11)18-15(19)14-12(16)4-3-5-13(14)17/h3-9H,2H2,1H3,(H,18,19). The minimum absolute atomic E-state index is 0.0126. The van der Waals surface area contributed by atoms with E-state index in [1.165, 1.54) is 12.1 Å². The van der Waals surface area contributed by atoms with Gasteiger partial charge in [0.05, 0.1) is 12.2 Å². The first-order chi connectivity index (χ1) is 9.61. The van der Waals surface area contributed by atoms with Crippen LogP contribution in [0, 0.1) is 5.82 Å². The fourth-order valence-corrected chi connectivity index (χ4v) is 2.23. The summed E-state index contributed by atoms with van der Waals surface area (Å²) in [7, 11) is 0. The van der Waals surface area contributed by atoms with Crippen molar-refractivity contribution in [3.8, 4) is 5.75 Å². The topological polar surface area (TPSA) is 38.3 Å². The number of carbonyl (C=O) groups is 1. The highest BCUT2D eigenvalue weighted by molar-refractivity contribution is 9.10. The number of amides is 1. The van der Waals surface area contributed by atoms with Gasteiger partial charge in [-0.15, -0.1) is 0 Å². The van der Waals surface area contributed by atoms with Gasteiger partial charge in [-0.1, -0.05) is 6.07 Å². The number of rotatable bonds is 4. The van der Waals surface area contributed by atoms with Gasteiger partial charge in [0, 0.05) is 10.2 Å². The number of anilines is 1. The van der Waals surface area contributed by atoms with Crippen molar-refractivity contribution in [1.29, 1.82) is 0 Å². The SMILES string of the molecule is CCOc1ccc(NC(=O)c2c(F)cccc2Br)cc1. The highest BCUT2D eigenvalue weighted by Crippen LogP contribution is 2.22. The largest absolute Gasteiger partial charge is 0.494 e. The quantitative estimate of drug-likeness (QED) is 0.906. The summed E-state index contributed by atoms with van der Waals surface area (Å²) in [6, 6.07) is 11.3. The zero-order valence-electron chi connectivity index (χ0n) is 10.8. The summed E-state index contributed by atoms with van der Waals surface area (Å²) in [5.41, 5.74) is 0.565. The van der Waals surface area contributed by atoms with E-state index >= 15 is 0 Å². The molecule has 0 saturated heterocycles. The highest BCUT2D eigenvalue weighted by atomic mass is 79.9. The molecule has 0 fully saturated rings. The number of halogens is 2. The second-order valence-electron chi connectivity index (χ2n) is 4.01. The van der Waals surface area contributed by atoms with E-state index in [9.17, 15) is 9.18 Å². The van der Waals surface area contributed by atoms with Crippen molar-refractivity contribution in [2.45, 2.75) is 6.92 Å². The lowest BCUT2D eigenvalue weighted by Gasteiger charge is -2.09. The molecule has 0 unspecified atom stereocenters. The number of benzene rings is 2. The van der Waals surface area contributed by atoms with Gasteiger partial charge >= 0.3 is 0 Å². The van der Waals surface area contributed by atoms with Gasteiger partial charge < -0.3 is 10.1 Å². The van der Waals surface area contributed by atoms with Crippen LogP contribution < -0.4 is 10.1 Å². The zero-order valence-corrected chi connectivity index (χ0v) is 12.4. The van der Waals surface area contributed by atoms with E-state index in [1.807, 2.05) is 6.92 Å². The molecule has 2 aromatic carbocycles. The van der Waals surface area contributed by atoms with Gasteiger partial charge in [-0.25, -0.2) is 4.39 Å². The Morgan fingerprint density at radius 3 is 2.55 bits per heavy atom. The molecule has 0 atom stereocenters. The van der Waals surface area contributed by atoms with Crippen molar-refractivity contribution in [1.82, 2.24) is 0 Å². The lowest BCUT2D eigenvalue weighted by molar-refractivity contribution is 0.102. The Morgan fingerprint density at radius 2 is 1.95 bits per heavy atom. The first-order valence-corrected chi connectivity index (χ1v) is 6.89. The molecule has 1 amide bonds. The van der Waals surface area contributed by atoms with Crippen LogP contribution in [-0.2, 0) is 0 Å². The number of hydrogen-bond acceptors (Lipinski definition) is 2. The van der Waals surface area contributed by atoms with Crippen molar-refractivity contribution in [2.24, 2.45) is 0 Å². The molecule has 3 nitrogen and oxygen atoms in total. The third-order valence-electron chi connectivity index (χ3n) is 2.61. The summed E-state index contributed by atoms with van der Waals surface area (Å²) in [5, 5.41) is 2.64. The average molecular weight is 338 g/mol. The van der Waals surface area contributed by atoms with Crippen LogP contribution in [0.4, 0.5) is 10.1 Å². The van der Waals surface area contributed by atoms with E-state index in [2.05, 4.69) is 21.2 Å². The van der Waals surface area contributed by atoms with Gasteiger partial charge in [-0.05, 0) is 59.3 Å². The molecular weight excluding hydrogens is 325 g/mol. The van der Waals surface area contributed by atoms with Crippen LogP contribution >= 0.6 is 15.9 Å². The first-order valence-electron chi connectivity index (χ1n) is 6.10. The van der Waals surface area contributed by atoms with Crippen LogP contribution in [0.25, 0.3) is 0 Å². The molecule has 0 aromatic heterocycles. The molecular formula is C15H13BrFNO2. The number of hydrogen-bond donors (Lipinski definition) is 1. The molecule has 2 aromatic rings. The van der Waals surface area contributed by atoms with E-state index < -0.39 is 11.7 Å². The maximum Gasteiger partial charge on any atom is 0.259 e. The van der Waals surface area contributed by atoms with E-state index in [4.69, 9.17) is 4.74 Å². The second kappa shape index (κ2) is 6.52. The molecule has 0 aliphatic heterocycles. The predicted molar refractivity (Wildman–Crippen MR) is 79.7 cm³/mol. The van der Waals surface area contributed by atoms with E-state index in [1.54, 1.807) is 30.3 Å². The van der Waals surface area contributed by atoms with Gasteiger partial charge in [0.25, 0.3) is 5.91 Å². The Morgan fingerprint density at radius 1 is 1.25 bits per heavy atom. The lowest BCUT2D eigenvalue weighted by Crippen LogP contribution is -2.14.